The van der Waals surface area contributed by atoms with Crippen LogP contribution in [0.3, 0.4) is 0 Å². The van der Waals surface area contributed by atoms with E-state index in [0.29, 0.717) is 24.6 Å². The van der Waals surface area contributed by atoms with Gasteiger partial charge in [0.05, 0.1) is 6.42 Å². The van der Waals surface area contributed by atoms with Crippen LogP contribution in [0.1, 0.15) is 24.0 Å². The zero-order valence-corrected chi connectivity index (χ0v) is 14.5. The first kappa shape index (κ1) is 18.8. The van der Waals surface area contributed by atoms with Gasteiger partial charge in [0.2, 0.25) is 5.91 Å². The highest BCUT2D eigenvalue weighted by atomic mass is 35.5. The third-order valence-corrected chi connectivity index (χ3v) is 3.77. The van der Waals surface area contributed by atoms with Gasteiger partial charge in [-0.2, -0.15) is 0 Å². The van der Waals surface area contributed by atoms with Crippen LogP contribution in [0.25, 0.3) is 0 Å². The van der Waals surface area contributed by atoms with Crippen molar-refractivity contribution in [2.24, 2.45) is 0 Å². The monoisotopic (exact) mass is 361 g/mol. The maximum Gasteiger partial charge on any atom is 0.303 e. The molecule has 0 bridgehead atoms. The van der Waals surface area contributed by atoms with E-state index < -0.39 is 5.97 Å². The number of halogens is 1. The highest BCUT2D eigenvalue weighted by molar-refractivity contribution is 6.30. The molecule has 0 unspecified atom stereocenters. The average molecular weight is 362 g/mol. The maximum absolute atomic E-state index is 11.5. The summed E-state index contributed by atoms with van der Waals surface area (Å²) in [5.41, 5.74) is 2.06. The molecule has 0 heterocycles. The largest absolute Gasteiger partial charge is 0.489 e. The fourth-order valence-corrected chi connectivity index (χ4v) is 2.32. The first-order chi connectivity index (χ1) is 12.0. The zero-order chi connectivity index (χ0) is 18.1. The number of hydrogen-bond donors (Lipinski definition) is 2. The molecule has 0 fully saturated rings. The first-order valence-electron chi connectivity index (χ1n) is 7.97. The van der Waals surface area contributed by atoms with Gasteiger partial charge < -0.3 is 15.2 Å². The molecule has 0 aliphatic heterocycles. The summed E-state index contributed by atoms with van der Waals surface area (Å²) >= 11 is 5.86. The van der Waals surface area contributed by atoms with Crippen molar-refractivity contribution in [2.75, 3.05) is 6.54 Å². The minimum Gasteiger partial charge on any atom is -0.489 e. The number of rotatable bonds is 9. The predicted molar refractivity (Wildman–Crippen MR) is 95.8 cm³/mol. The topological polar surface area (TPSA) is 75.6 Å². The molecule has 0 radical (unpaired) electrons. The van der Waals surface area contributed by atoms with Gasteiger partial charge in [-0.05, 0) is 41.8 Å². The number of aliphatic carboxylic acids is 1. The van der Waals surface area contributed by atoms with Gasteiger partial charge in [-0.15, -0.1) is 0 Å². The normalized spacial score (nSPS) is 10.3. The van der Waals surface area contributed by atoms with Crippen molar-refractivity contribution in [3.8, 4) is 5.75 Å². The maximum atomic E-state index is 11.5. The second-order valence-electron chi connectivity index (χ2n) is 5.56. The summed E-state index contributed by atoms with van der Waals surface area (Å²) < 4.78 is 5.77. The van der Waals surface area contributed by atoms with Crippen molar-refractivity contribution in [2.45, 2.75) is 25.9 Å². The Balaban J connectivity index is 1.77. The summed E-state index contributed by atoms with van der Waals surface area (Å²) in [6.07, 6.45) is 0.496. The van der Waals surface area contributed by atoms with Crippen LogP contribution in [0.4, 0.5) is 0 Å². The van der Waals surface area contributed by atoms with Crippen molar-refractivity contribution in [1.82, 2.24) is 5.32 Å². The lowest BCUT2D eigenvalue weighted by Crippen LogP contribution is -2.26. The minimum atomic E-state index is -0.972. The van der Waals surface area contributed by atoms with Crippen molar-refractivity contribution in [3.05, 3.63) is 64.7 Å². The Morgan fingerprint density at radius 1 is 1.04 bits per heavy atom. The fourth-order valence-electron chi connectivity index (χ4n) is 2.19. The molecule has 6 heteroatoms. The quantitative estimate of drug-likeness (QED) is 0.717. The Morgan fingerprint density at radius 2 is 1.80 bits per heavy atom. The van der Waals surface area contributed by atoms with Crippen molar-refractivity contribution >= 4 is 23.5 Å². The number of benzene rings is 2. The van der Waals surface area contributed by atoms with E-state index in [1.165, 1.54) is 0 Å². The van der Waals surface area contributed by atoms with Crippen molar-refractivity contribution in [1.29, 1.82) is 0 Å². The number of carbonyl (C=O) groups excluding carboxylic acids is 1. The number of nitrogens with one attached hydrogen (secondary N) is 1. The second-order valence-corrected chi connectivity index (χ2v) is 5.99. The molecule has 0 aromatic heterocycles. The SMILES string of the molecule is O=C(O)CCC(=O)NCCc1cccc(OCc2ccc(Cl)cc2)c1. The molecule has 0 spiro atoms. The highest BCUT2D eigenvalue weighted by Gasteiger charge is 2.05. The molecular weight excluding hydrogens is 342 g/mol. The number of hydrogen-bond acceptors (Lipinski definition) is 3. The van der Waals surface area contributed by atoms with Gasteiger partial charge >= 0.3 is 5.97 Å². The van der Waals surface area contributed by atoms with E-state index in [0.717, 1.165) is 16.9 Å². The fraction of sp³-hybridized carbons (Fsp3) is 0.263. The molecule has 1 amide bonds. The van der Waals surface area contributed by atoms with Gasteiger partial charge in [-0.1, -0.05) is 35.9 Å². The van der Waals surface area contributed by atoms with Crippen LogP contribution >= 0.6 is 11.6 Å². The van der Waals surface area contributed by atoms with E-state index in [-0.39, 0.29) is 18.7 Å². The van der Waals surface area contributed by atoms with Crippen molar-refractivity contribution in [3.63, 3.8) is 0 Å². The van der Waals surface area contributed by atoms with Crippen LogP contribution in [0, 0.1) is 0 Å². The second kappa shape index (κ2) is 9.69. The van der Waals surface area contributed by atoms with Gasteiger partial charge in [-0.3, -0.25) is 9.59 Å². The van der Waals surface area contributed by atoms with E-state index in [4.69, 9.17) is 21.4 Å². The Hall–Kier alpha value is -2.53. The van der Waals surface area contributed by atoms with Gasteiger partial charge in [0, 0.05) is 18.0 Å². The number of ether oxygens (including phenoxy) is 1. The Morgan fingerprint density at radius 3 is 2.52 bits per heavy atom. The summed E-state index contributed by atoms with van der Waals surface area (Å²) in [4.78, 5) is 21.9. The molecule has 5 nitrogen and oxygen atoms in total. The molecule has 2 N–H and O–H groups in total. The molecule has 25 heavy (non-hydrogen) atoms. The average Bonchev–Trinajstić information content (AvgIpc) is 2.60. The van der Waals surface area contributed by atoms with Gasteiger partial charge in [-0.25, -0.2) is 0 Å². The number of amides is 1. The highest BCUT2D eigenvalue weighted by Crippen LogP contribution is 2.16. The summed E-state index contributed by atoms with van der Waals surface area (Å²) in [7, 11) is 0. The molecule has 0 aliphatic carbocycles. The molecule has 132 valence electrons. The van der Waals surface area contributed by atoms with E-state index >= 15 is 0 Å². The van der Waals surface area contributed by atoms with E-state index in [1.54, 1.807) is 0 Å². The lowest BCUT2D eigenvalue weighted by molar-refractivity contribution is -0.138. The molecule has 0 atom stereocenters. The molecule has 2 aromatic rings. The van der Waals surface area contributed by atoms with Crippen LogP contribution in [-0.4, -0.2) is 23.5 Å². The summed E-state index contributed by atoms with van der Waals surface area (Å²) in [5, 5.41) is 11.9. The molecule has 0 aliphatic rings. The summed E-state index contributed by atoms with van der Waals surface area (Å²) in [6, 6.07) is 15.1. The van der Waals surface area contributed by atoms with Crippen LogP contribution < -0.4 is 10.1 Å². The van der Waals surface area contributed by atoms with Crippen LogP contribution in [0.2, 0.25) is 5.02 Å². The number of carboxylic acids is 1. The Kier molecular flexibility index (Phi) is 7.29. The van der Waals surface area contributed by atoms with Crippen LogP contribution in [0.15, 0.2) is 48.5 Å². The zero-order valence-electron chi connectivity index (χ0n) is 13.7. The van der Waals surface area contributed by atoms with Gasteiger partial charge in [0.1, 0.15) is 12.4 Å². The summed E-state index contributed by atoms with van der Waals surface area (Å²) in [6.45, 7) is 0.908. The third-order valence-electron chi connectivity index (χ3n) is 3.52. The van der Waals surface area contributed by atoms with Crippen LogP contribution in [0.5, 0.6) is 5.75 Å². The number of carboxylic acid groups (broad SMARTS) is 1. The van der Waals surface area contributed by atoms with E-state index in [9.17, 15) is 9.59 Å². The molecule has 2 rings (SSSR count). The molecule has 2 aromatic carbocycles. The van der Waals surface area contributed by atoms with E-state index in [2.05, 4.69) is 5.32 Å². The Labute approximate surface area is 151 Å². The summed E-state index contributed by atoms with van der Waals surface area (Å²) in [5.74, 6) is -0.470. The first-order valence-corrected chi connectivity index (χ1v) is 8.35. The van der Waals surface area contributed by atoms with Gasteiger partial charge in [0.15, 0.2) is 0 Å². The molecule has 0 saturated carbocycles. The van der Waals surface area contributed by atoms with E-state index in [1.807, 2.05) is 48.5 Å². The minimum absolute atomic E-state index is 0.000420. The third kappa shape index (κ3) is 7.27. The Bertz CT molecular complexity index is 716. The predicted octanol–water partition coefficient (Wildman–Crippen LogP) is 3.44. The van der Waals surface area contributed by atoms with Crippen LogP contribution in [-0.2, 0) is 22.6 Å². The smallest absolute Gasteiger partial charge is 0.303 e. The lowest BCUT2D eigenvalue weighted by Gasteiger charge is -2.09. The number of carbonyl (C=O) groups is 2. The lowest BCUT2D eigenvalue weighted by atomic mass is 10.1. The van der Waals surface area contributed by atoms with Gasteiger partial charge in [0.25, 0.3) is 0 Å². The standard InChI is InChI=1S/C19H20ClNO4/c20-16-6-4-15(5-7-16)13-25-17-3-1-2-14(12-17)10-11-21-18(22)8-9-19(23)24/h1-7,12H,8-11,13H2,(H,21,22)(H,23,24). The molecule has 0 saturated heterocycles. The van der Waals surface area contributed by atoms with Crippen molar-refractivity contribution < 1.29 is 19.4 Å². The molecular formula is C19H20ClNO4.